The van der Waals surface area contributed by atoms with Crippen LogP contribution in [0.25, 0.3) is 11.4 Å². The van der Waals surface area contributed by atoms with E-state index in [0.29, 0.717) is 28.6 Å². The van der Waals surface area contributed by atoms with E-state index in [1.807, 2.05) is 0 Å². The highest BCUT2D eigenvalue weighted by Crippen LogP contribution is 2.16. The second kappa shape index (κ2) is 5.98. The number of thiocarbonyl (C=S) groups is 1. The monoisotopic (exact) mass is 317 g/mol. The molecule has 0 spiro atoms. The fourth-order valence-corrected chi connectivity index (χ4v) is 1.95. The largest absolute Gasteiger partial charge is 0.374 e. The molecule has 3 aromatic rings. The molecule has 1 aromatic carbocycles. The van der Waals surface area contributed by atoms with Gasteiger partial charge in [-0.05, 0) is 19.1 Å². The Bertz CT molecular complexity index is 797. The molecule has 1 N–H and O–H groups in total. The Morgan fingerprint density at radius 3 is 2.91 bits per heavy atom. The molecule has 0 aliphatic heterocycles. The summed E-state index contributed by atoms with van der Waals surface area (Å²) in [6.45, 7) is 2.27. The molecule has 2 aromatic heterocycles. The second-order valence-corrected chi connectivity index (χ2v) is 5.15. The molecule has 112 valence electrons. The SMILES string of the molecule is CC(=S)NCc1cn(-c2ccc(-n3cncn3)c(F)c2)nn1. The number of hydrogen-bond donors (Lipinski definition) is 1. The van der Waals surface area contributed by atoms with E-state index < -0.39 is 5.82 Å². The van der Waals surface area contributed by atoms with Gasteiger partial charge in [-0.1, -0.05) is 17.4 Å². The first kappa shape index (κ1) is 14.3. The first-order valence-corrected chi connectivity index (χ1v) is 6.85. The van der Waals surface area contributed by atoms with E-state index in [0.717, 1.165) is 0 Å². The molecule has 0 radical (unpaired) electrons. The molecule has 0 saturated carbocycles. The number of rotatable bonds is 4. The Labute approximate surface area is 130 Å². The van der Waals surface area contributed by atoms with Crippen molar-refractivity contribution in [2.45, 2.75) is 13.5 Å². The number of nitrogens with one attached hydrogen (secondary N) is 1. The van der Waals surface area contributed by atoms with Crippen LogP contribution in [-0.2, 0) is 6.54 Å². The fourth-order valence-electron chi connectivity index (χ4n) is 1.88. The van der Waals surface area contributed by atoms with Crippen LogP contribution in [0.4, 0.5) is 4.39 Å². The highest BCUT2D eigenvalue weighted by Gasteiger charge is 2.09. The highest BCUT2D eigenvalue weighted by molar-refractivity contribution is 7.80. The van der Waals surface area contributed by atoms with Crippen molar-refractivity contribution in [3.05, 3.63) is 48.6 Å². The third kappa shape index (κ3) is 2.98. The molecule has 2 heterocycles. The van der Waals surface area contributed by atoms with Gasteiger partial charge in [0.2, 0.25) is 0 Å². The van der Waals surface area contributed by atoms with Crippen molar-refractivity contribution < 1.29 is 4.39 Å². The summed E-state index contributed by atoms with van der Waals surface area (Å²) in [5, 5.41) is 14.9. The number of halogens is 1. The van der Waals surface area contributed by atoms with Crippen LogP contribution in [0.2, 0.25) is 0 Å². The van der Waals surface area contributed by atoms with Crippen LogP contribution >= 0.6 is 12.2 Å². The zero-order valence-electron chi connectivity index (χ0n) is 11.6. The topological polar surface area (TPSA) is 73.5 Å². The lowest BCUT2D eigenvalue weighted by Gasteiger charge is -2.05. The molecular formula is C13H12FN7S. The lowest BCUT2D eigenvalue weighted by molar-refractivity contribution is 0.608. The minimum atomic E-state index is -0.423. The van der Waals surface area contributed by atoms with Crippen LogP contribution < -0.4 is 5.32 Å². The molecule has 9 heteroatoms. The Morgan fingerprint density at radius 1 is 1.36 bits per heavy atom. The smallest absolute Gasteiger partial charge is 0.151 e. The average Bonchev–Trinajstić information content (AvgIpc) is 3.16. The molecule has 0 bridgehead atoms. The van der Waals surface area contributed by atoms with Gasteiger partial charge in [-0.15, -0.1) is 5.10 Å². The van der Waals surface area contributed by atoms with Crippen molar-refractivity contribution in [2.75, 3.05) is 0 Å². The number of nitrogens with zero attached hydrogens (tertiary/aromatic N) is 6. The third-order valence-corrected chi connectivity index (χ3v) is 3.07. The maximum absolute atomic E-state index is 14.2. The molecule has 0 aliphatic carbocycles. The maximum atomic E-state index is 14.2. The lowest BCUT2D eigenvalue weighted by atomic mass is 10.2. The van der Waals surface area contributed by atoms with Gasteiger partial charge in [-0.2, -0.15) is 5.10 Å². The minimum absolute atomic E-state index is 0.319. The van der Waals surface area contributed by atoms with Gasteiger partial charge in [0.05, 0.1) is 23.4 Å². The third-order valence-electron chi connectivity index (χ3n) is 2.92. The van der Waals surface area contributed by atoms with Crippen LogP contribution in [0.1, 0.15) is 12.6 Å². The van der Waals surface area contributed by atoms with Gasteiger partial charge in [0.25, 0.3) is 0 Å². The number of hydrogen-bond acceptors (Lipinski definition) is 5. The van der Waals surface area contributed by atoms with Crippen molar-refractivity contribution >= 4 is 17.2 Å². The molecule has 3 rings (SSSR count). The molecule has 0 amide bonds. The van der Waals surface area contributed by atoms with E-state index in [-0.39, 0.29) is 0 Å². The Morgan fingerprint density at radius 2 is 2.23 bits per heavy atom. The summed E-state index contributed by atoms with van der Waals surface area (Å²) in [4.78, 5) is 4.48. The van der Waals surface area contributed by atoms with E-state index in [2.05, 4.69) is 25.7 Å². The minimum Gasteiger partial charge on any atom is -0.374 e. The normalized spacial score (nSPS) is 10.6. The van der Waals surface area contributed by atoms with E-state index in [9.17, 15) is 4.39 Å². The predicted molar refractivity (Wildman–Crippen MR) is 81.3 cm³/mol. The van der Waals surface area contributed by atoms with Gasteiger partial charge in [-0.25, -0.2) is 18.7 Å². The highest BCUT2D eigenvalue weighted by atomic mass is 32.1. The van der Waals surface area contributed by atoms with Crippen LogP contribution in [0.3, 0.4) is 0 Å². The molecule has 0 aliphatic rings. The Hall–Kier alpha value is -2.68. The van der Waals surface area contributed by atoms with Gasteiger partial charge in [0.1, 0.15) is 24.0 Å². The van der Waals surface area contributed by atoms with E-state index >= 15 is 0 Å². The molecule has 0 fully saturated rings. The second-order valence-electron chi connectivity index (χ2n) is 4.54. The van der Waals surface area contributed by atoms with Crippen LogP contribution in [0.5, 0.6) is 0 Å². The number of aromatic nitrogens is 6. The summed E-state index contributed by atoms with van der Waals surface area (Å²) in [6.07, 6.45) is 4.50. The van der Waals surface area contributed by atoms with E-state index in [4.69, 9.17) is 12.2 Å². The Kier molecular flexibility index (Phi) is 3.88. The maximum Gasteiger partial charge on any atom is 0.151 e. The van der Waals surface area contributed by atoms with Crippen molar-refractivity contribution in [3.63, 3.8) is 0 Å². The van der Waals surface area contributed by atoms with Crippen molar-refractivity contribution in [1.82, 2.24) is 35.1 Å². The predicted octanol–water partition coefficient (Wildman–Crippen LogP) is 1.42. The quantitative estimate of drug-likeness (QED) is 0.734. The van der Waals surface area contributed by atoms with Gasteiger partial charge in [0.15, 0.2) is 5.82 Å². The first-order valence-electron chi connectivity index (χ1n) is 6.44. The van der Waals surface area contributed by atoms with Crippen molar-refractivity contribution in [1.29, 1.82) is 0 Å². The summed E-state index contributed by atoms with van der Waals surface area (Å²) >= 11 is 4.94. The van der Waals surface area contributed by atoms with Gasteiger partial charge in [-0.3, -0.25) is 0 Å². The van der Waals surface area contributed by atoms with Crippen molar-refractivity contribution in [3.8, 4) is 11.4 Å². The summed E-state index contributed by atoms with van der Waals surface area (Å²) < 4.78 is 17.0. The van der Waals surface area contributed by atoms with E-state index in [1.54, 1.807) is 25.3 Å². The van der Waals surface area contributed by atoms with Gasteiger partial charge < -0.3 is 5.32 Å². The summed E-state index contributed by atoms with van der Waals surface area (Å²) in [5.74, 6) is -0.423. The van der Waals surface area contributed by atoms with Crippen LogP contribution in [-0.4, -0.2) is 34.7 Å². The molecule has 7 nitrogen and oxygen atoms in total. The number of benzene rings is 1. The summed E-state index contributed by atoms with van der Waals surface area (Å²) in [7, 11) is 0. The van der Waals surface area contributed by atoms with Crippen molar-refractivity contribution in [2.24, 2.45) is 0 Å². The van der Waals surface area contributed by atoms with Crippen LogP contribution in [0.15, 0.2) is 37.1 Å². The van der Waals surface area contributed by atoms with E-state index in [1.165, 1.54) is 28.1 Å². The lowest BCUT2D eigenvalue weighted by Crippen LogP contribution is -2.17. The molecule has 22 heavy (non-hydrogen) atoms. The molecule has 0 unspecified atom stereocenters. The summed E-state index contributed by atoms with van der Waals surface area (Å²) in [6, 6.07) is 4.71. The Balaban J connectivity index is 1.84. The molecular weight excluding hydrogens is 305 g/mol. The summed E-state index contributed by atoms with van der Waals surface area (Å²) in [5.41, 5.74) is 1.60. The van der Waals surface area contributed by atoms with Gasteiger partial charge in [0, 0.05) is 6.07 Å². The zero-order chi connectivity index (χ0) is 15.5. The first-order chi connectivity index (χ1) is 10.6. The standard InChI is InChI=1S/C13H12FN7S/c1-9(22)16-5-10-6-20(19-18-10)11-2-3-13(12(14)4-11)21-8-15-7-17-21/h2-4,6-8H,5H2,1H3,(H,16,22). The average molecular weight is 317 g/mol. The molecule has 0 saturated heterocycles. The fraction of sp³-hybridized carbons (Fsp3) is 0.154. The molecule has 0 atom stereocenters. The zero-order valence-corrected chi connectivity index (χ0v) is 12.5. The van der Waals surface area contributed by atoms with Gasteiger partial charge >= 0.3 is 0 Å². The van der Waals surface area contributed by atoms with Crippen LogP contribution in [0, 0.1) is 5.82 Å².